The maximum absolute atomic E-state index is 5.22. The number of rotatable bonds is 10. The lowest BCUT2D eigenvalue weighted by Crippen LogP contribution is -2.38. The van der Waals surface area contributed by atoms with E-state index >= 15 is 0 Å². The molecule has 0 unspecified atom stereocenters. The Labute approximate surface area is 163 Å². The van der Waals surface area contributed by atoms with Crippen LogP contribution < -0.4 is 15.5 Å². The third-order valence-corrected chi connectivity index (χ3v) is 4.55. The first-order chi connectivity index (χ1) is 13.2. The van der Waals surface area contributed by atoms with Gasteiger partial charge in [0, 0.05) is 44.0 Å². The number of hydrogen-bond acceptors (Lipinski definition) is 4. The van der Waals surface area contributed by atoms with Crippen molar-refractivity contribution in [3.63, 3.8) is 0 Å². The Balaban J connectivity index is 1.78. The molecule has 2 rings (SSSR count). The van der Waals surface area contributed by atoms with Crippen LogP contribution in [0.15, 0.2) is 39.8 Å². The highest BCUT2D eigenvalue weighted by atomic mass is 16.5. The second-order valence-electron chi connectivity index (χ2n) is 6.51. The van der Waals surface area contributed by atoms with Crippen molar-refractivity contribution in [3.05, 3.63) is 47.3 Å². The van der Waals surface area contributed by atoms with Crippen LogP contribution >= 0.6 is 0 Å². The van der Waals surface area contributed by atoms with Gasteiger partial charge in [-0.1, -0.05) is 23.4 Å². The van der Waals surface area contributed by atoms with Crippen LogP contribution in [0.2, 0.25) is 0 Å². The quantitative estimate of drug-likeness (QED) is 0.381. The van der Waals surface area contributed by atoms with Gasteiger partial charge in [0.15, 0.2) is 5.96 Å². The Morgan fingerprint density at radius 1 is 1.15 bits per heavy atom. The Morgan fingerprint density at radius 2 is 1.93 bits per heavy atom. The lowest BCUT2D eigenvalue weighted by atomic mass is 10.1. The number of anilines is 1. The Morgan fingerprint density at radius 3 is 2.56 bits per heavy atom. The molecule has 1 heterocycles. The third-order valence-electron chi connectivity index (χ3n) is 4.55. The van der Waals surface area contributed by atoms with Crippen LogP contribution in [0.25, 0.3) is 0 Å². The fraction of sp³-hybridized carbons (Fsp3) is 0.524. The largest absolute Gasteiger partial charge is 0.372 e. The van der Waals surface area contributed by atoms with E-state index in [4.69, 9.17) is 9.52 Å². The molecule has 1 aromatic carbocycles. The Hall–Kier alpha value is -2.50. The van der Waals surface area contributed by atoms with Gasteiger partial charge in [-0.3, -0.25) is 4.99 Å². The number of aliphatic imine (C=N–C) groups is 1. The first-order valence-corrected chi connectivity index (χ1v) is 9.89. The maximum Gasteiger partial charge on any atom is 0.191 e. The van der Waals surface area contributed by atoms with Gasteiger partial charge in [0.05, 0.1) is 5.69 Å². The van der Waals surface area contributed by atoms with Gasteiger partial charge in [-0.05, 0) is 52.7 Å². The SMILES string of the molecule is CCNC(=NCCCN(CC)c1ccccc1)NCCc1c(C)noc1C. The summed E-state index contributed by atoms with van der Waals surface area (Å²) >= 11 is 0. The van der Waals surface area contributed by atoms with Crippen LogP contribution in [0.4, 0.5) is 5.69 Å². The predicted molar refractivity (Wildman–Crippen MR) is 113 cm³/mol. The first kappa shape index (κ1) is 20.8. The van der Waals surface area contributed by atoms with Crippen molar-refractivity contribution in [2.24, 2.45) is 4.99 Å². The fourth-order valence-corrected chi connectivity index (χ4v) is 3.07. The molecular weight excluding hydrogens is 338 g/mol. The molecule has 0 saturated heterocycles. The summed E-state index contributed by atoms with van der Waals surface area (Å²) in [7, 11) is 0. The summed E-state index contributed by atoms with van der Waals surface area (Å²) in [5.74, 6) is 1.77. The molecule has 0 saturated carbocycles. The molecule has 0 amide bonds. The summed E-state index contributed by atoms with van der Waals surface area (Å²) < 4.78 is 5.22. The van der Waals surface area contributed by atoms with E-state index in [9.17, 15) is 0 Å². The summed E-state index contributed by atoms with van der Waals surface area (Å²) in [5.41, 5.74) is 3.42. The zero-order chi connectivity index (χ0) is 19.5. The molecular formula is C21H33N5O. The van der Waals surface area contributed by atoms with Gasteiger partial charge in [0.2, 0.25) is 0 Å². The molecule has 0 fully saturated rings. The van der Waals surface area contributed by atoms with Gasteiger partial charge in [-0.2, -0.15) is 0 Å². The van der Waals surface area contributed by atoms with E-state index < -0.39 is 0 Å². The summed E-state index contributed by atoms with van der Waals surface area (Å²) in [5, 5.41) is 10.7. The number of benzene rings is 1. The van der Waals surface area contributed by atoms with Crippen LogP contribution in [-0.2, 0) is 6.42 Å². The van der Waals surface area contributed by atoms with E-state index in [2.05, 4.69) is 64.9 Å². The molecule has 0 atom stereocenters. The van der Waals surface area contributed by atoms with Crippen molar-refractivity contribution in [1.82, 2.24) is 15.8 Å². The number of nitrogens with zero attached hydrogens (tertiary/aromatic N) is 3. The number of nitrogens with one attached hydrogen (secondary N) is 2. The molecule has 0 bridgehead atoms. The normalized spacial score (nSPS) is 11.5. The van der Waals surface area contributed by atoms with Gasteiger partial charge in [-0.15, -0.1) is 0 Å². The zero-order valence-electron chi connectivity index (χ0n) is 17.1. The molecule has 6 nitrogen and oxygen atoms in total. The monoisotopic (exact) mass is 371 g/mol. The van der Waals surface area contributed by atoms with Crippen molar-refractivity contribution in [3.8, 4) is 0 Å². The minimum absolute atomic E-state index is 0.796. The fourth-order valence-electron chi connectivity index (χ4n) is 3.07. The molecule has 148 valence electrons. The second-order valence-corrected chi connectivity index (χ2v) is 6.51. The van der Waals surface area contributed by atoms with Gasteiger partial charge >= 0.3 is 0 Å². The molecule has 0 aliphatic carbocycles. The standard InChI is InChI=1S/C21H33N5O/c1-5-22-21(24-15-13-20-17(3)25-27-18(20)4)23-14-10-16-26(6-2)19-11-8-7-9-12-19/h7-9,11-12H,5-6,10,13-16H2,1-4H3,(H2,22,23,24). The summed E-state index contributed by atoms with van der Waals surface area (Å²) in [6.07, 6.45) is 1.90. The average molecular weight is 372 g/mol. The number of aromatic nitrogens is 1. The molecule has 2 N–H and O–H groups in total. The van der Waals surface area contributed by atoms with Crippen molar-refractivity contribution in [2.45, 2.75) is 40.5 Å². The molecule has 27 heavy (non-hydrogen) atoms. The average Bonchev–Trinajstić information content (AvgIpc) is 3.00. The smallest absolute Gasteiger partial charge is 0.191 e. The summed E-state index contributed by atoms with van der Waals surface area (Å²) in [6, 6.07) is 10.5. The Bertz CT molecular complexity index is 676. The van der Waals surface area contributed by atoms with E-state index in [0.29, 0.717) is 0 Å². The molecule has 6 heteroatoms. The van der Waals surface area contributed by atoms with E-state index in [0.717, 1.165) is 63.0 Å². The van der Waals surface area contributed by atoms with Gasteiger partial charge in [-0.25, -0.2) is 0 Å². The Kier molecular flexibility index (Phi) is 8.68. The van der Waals surface area contributed by atoms with E-state index in [1.165, 1.54) is 11.3 Å². The number of aryl methyl sites for hydroxylation is 2. The predicted octanol–water partition coefficient (Wildman–Crippen LogP) is 3.31. The topological polar surface area (TPSA) is 65.7 Å². The van der Waals surface area contributed by atoms with E-state index in [1.807, 2.05) is 13.8 Å². The van der Waals surface area contributed by atoms with E-state index in [-0.39, 0.29) is 0 Å². The van der Waals surface area contributed by atoms with Crippen molar-refractivity contribution in [2.75, 3.05) is 37.6 Å². The molecule has 2 aromatic rings. The van der Waals surface area contributed by atoms with Crippen LogP contribution in [0.1, 0.15) is 37.3 Å². The van der Waals surface area contributed by atoms with Gasteiger partial charge in [0.25, 0.3) is 0 Å². The van der Waals surface area contributed by atoms with Crippen molar-refractivity contribution < 1.29 is 4.52 Å². The first-order valence-electron chi connectivity index (χ1n) is 9.89. The van der Waals surface area contributed by atoms with Crippen LogP contribution in [0, 0.1) is 13.8 Å². The minimum Gasteiger partial charge on any atom is -0.372 e. The summed E-state index contributed by atoms with van der Waals surface area (Å²) in [4.78, 5) is 7.09. The number of hydrogen-bond donors (Lipinski definition) is 2. The van der Waals surface area contributed by atoms with E-state index in [1.54, 1.807) is 0 Å². The van der Waals surface area contributed by atoms with Crippen LogP contribution in [0.3, 0.4) is 0 Å². The van der Waals surface area contributed by atoms with Crippen LogP contribution in [-0.4, -0.2) is 43.8 Å². The molecule has 1 aromatic heterocycles. The van der Waals surface area contributed by atoms with Gasteiger partial charge < -0.3 is 20.1 Å². The van der Waals surface area contributed by atoms with Gasteiger partial charge in [0.1, 0.15) is 5.76 Å². The lowest BCUT2D eigenvalue weighted by molar-refractivity contribution is 0.392. The summed E-state index contributed by atoms with van der Waals surface area (Å²) in [6.45, 7) is 12.7. The highest BCUT2D eigenvalue weighted by Gasteiger charge is 2.08. The lowest BCUT2D eigenvalue weighted by Gasteiger charge is -2.22. The maximum atomic E-state index is 5.22. The highest BCUT2D eigenvalue weighted by molar-refractivity contribution is 5.79. The molecule has 0 aliphatic rings. The highest BCUT2D eigenvalue weighted by Crippen LogP contribution is 2.13. The molecule has 0 spiro atoms. The number of guanidine groups is 1. The number of para-hydroxylation sites is 1. The van der Waals surface area contributed by atoms with Crippen LogP contribution in [0.5, 0.6) is 0 Å². The van der Waals surface area contributed by atoms with Crippen molar-refractivity contribution in [1.29, 1.82) is 0 Å². The minimum atomic E-state index is 0.796. The third kappa shape index (κ3) is 6.62. The second kappa shape index (κ2) is 11.3. The van der Waals surface area contributed by atoms with Crippen molar-refractivity contribution >= 4 is 11.6 Å². The zero-order valence-corrected chi connectivity index (χ0v) is 17.1. The molecule has 0 radical (unpaired) electrons. The molecule has 0 aliphatic heterocycles.